The van der Waals surface area contributed by atoms with Crippen LogP contribution in [0.2, 0.25) is 0 Å². The van der Waals surface area contributed by atoms with Crippen molar-refractivity contribution < 1.29 is 14.6 Å². The minimum absolute atomic E-state index is 0.233. The average molecular weight is 288 g/mol. The number of ether oxygens (including phenoxy) is 1. The fraction of sp³-hybridized carbons (Fsp3) is 0.375. The van der Waals surface area contributed by atoms with E-state index in [1.54, 1.807) is 18.2 Å². The summed E-state index contributed by atoms with van der Waals surface area (Å²) >= 11 is 0. The van der Waals surface area contributed by atoms with Crippen LogP contribution in [0.5, 0.6) is 5.75 Å². The molecule has 0 amide bonds. The molecule has 0 aliphatic heterocycles. The van der Waals surface area contributed by atoms with Crippen LogP contribution in [0.3, 0.4) is 0 Å². The van der Waals surface area contributed by atoms with E-state index in [2.05, 4.69) is 12.0 Å². The van der Waals surface area contributed by atoms with Gasteiger partial charge in [-0.05, 0) is 38.5 Å². The molecule has 2 aromatic rings. The first kappa shape index (κ1) is 15.1. The van der Waals surface area contributed by atoms with Crippen LogP contribution in [0.4, 0.5) is 0 Å². The number of carbonyl (C=O) groups is 1. The summed E-state index contributed by atoms with van der Waals surface area (Å²) in [7, 11) is 1.52. The van der Waals surface area contributed by atoms with Gasteiger partial charge in [0.25, 0.3) is 0 Å². The molecule has 5 nitrogen and oxygen atoms in total. The van der Waals surface area contributed by atoms with Gasteiger partial charge in [-0.15, -0.1) is 0 Å². The van der Waals surface area contributed by atoms with E-state index in [4.69, 9.17) is 4.74 Å². The van der Waals surface area contributed by atoms with Crippen LogP contribution in [-0.2, 0) is 6.54 Å². The van der Waals surface area contributed by atoms with Gasteiger partial charge in [0.2, 0.25) is 0 Å². The van der Waals surface area contributed by atoms with Crippen molar-refractivity contribution in [3.8, 4) is 16.9 Å². The van der Waals surface area contributed by atoms with Gasteiger partial charge in [-0.1, -0.05) is 6.92 Å². The highest BCUT2D eigenvalue weighted by Crippen LogP contribution is 2.32. The topological polar surface area (TPSA) is 64.4 Å². The first-order valence-electron chi connectivity index (χ1n) is 6.95. The predicted octanol–water partition coefficient (Wildman–Crippen LogP) is 3.28. The number of aromatic nitrogens is 2. The van der Waals surface area contributed by atoms with E-state index >= 15 is 0 Å². The molecule has 0 radical (unpaired) electrons. The highest BCUT2D eigenvalue weighted by atomic mass is 16.5. The van der Waals surface area contributed by atoms with Crippen molar-refractivity contribution in [2.75, 3.05) is 7.11 Å². The molecular weight excluding hydrogens is 268 g/mol. The van der Waals surface area contributed by atoms with E-state index in [0.29, 0.717) is 11.3 Å². The molecule has 0 saturated carbocycles. The first-order valence-corrected chi connectivity index (χ1v) is 6.95. The summed E-state index contributed by atoms with van der Waals surface area (Å²) < 4.78 is 7.05. The molecule has 5 heteroatoms. The number of benzene rings is 1. The summed E-state index contributed by atoms with van der Waals surface area (Å²) in [6, 6.07) is 5.11. The monoisotopic (exact) mass is 288 g/mol. The third kappa shape index (κ3) is 2.77. The van der Waals surface area contributed by atoms with Crippen LogP contribution < -0.4 is 4.74 Å². The summed E-state index contributed by atoms with van der Waals surface area (Å²) in [5.74, 6) is -0.432. The summed E-state index contributed by atoms with van der Waals surface area (Å²) in [5, 5.41) is 14.0. The van der Waals surface area contributed by atoms with Crippen molar-refractivity contribution in [2.45, 2.75) is 33.7 Å². The standard InChI is InChI=1S/C16H20N2O3/c1-5-8-18-11(3)15(10(2)17-18)13-7-6-12(21-4)9-14(13)16(19)20/h6-7,9H,5,8H2,1-4H3,(H,19,20). The molecule has 1 N–H and O–H groups in total. The van der Waals surface area contributed by atoms with Crippen molar-refractivity contribution in [3.63, 3.8) is 0 Å². The molecule has 0 fully saturated rings. The van der Waals surface area contributed by atoms with E-state index in [0.717, 1.165) is 29.9 Å². The van der Waals surface area contributed by atoms with Gasteiger partial charge in [0.1, 0.15) is 5.75 Å². The quantitative estimate of drug-likeness (QED) is 0.917. The molecule has 0 unspecified atom stereocenters. The Morgan fingerprint density at radius 1 is 1.38 bits per heavy atom. The van der Waals surface area contributed by atoms with Gasteiger partial charge >= 0.3 is 5.97 Å². The first-order chi connectivity index (χ1) is 9.99. The van der Waals surface area contributed by atoms with Gasteiger partial charge in [0, 0.05) is 23.4 Å². The van der Waals surface area contributed by atoms with E-state index in [1.807, 2.05) is 18.5 Å². The molecule has 1 aromatic carbocycles. The Morgan fingerprint density at radius 2 is 2.10 bits per heavy atom. The zero-order valence-corrected chi connectivity index (χ0v) is 12.8. The molecule has 0 saturated heterocycles. The van der Waals surface area contributed by atoms with Crippen molar-refractivity contribution in [2.24, 2.45) is 0 Å². The van der Waals surface area contributed by atoms with Crippen LogP contribution in [0.15, 0.2) is 18.2 Å². The van der Waals surface area contributed by atoms with Crippen LogP contribution in [0.25, 0.3) is 11.1 Å². The summed E-state index contributed by atoms with van der Waals surface area (Å²) in [6.45, 7) is 6.79. The second kappa shape index (κ2) is 5.99. The second-order valence-electron chi connectivity index (χ2n) is 4.99. The maximum atomic E-state index is 11.5. The lowest BCUT2D eigenvalue weighted by molar-refractivity contribution is 0.0697. The molecule has 2 rings (SSSR count). The number of carboxylic acid groups (broad SMARTS) is 1. The van der Waals surface area contributed by atoms with E-state index in [9.17, 15) is 9.90 Å². The van der Waals surface area contributed by atoms with Gasteiger partial charge in [0.05, 0.1) is 18.4 Å². The lowest BCUT2D eigenvalue weighted by Gasteiger charge is -2.09. The van der Waals surface area contributed by atoms with Gasteiger partial charge in [-0.3, -0.25) is 4.68 Å². The Morgan fingerprint density at radius 3 is 2.67 bits per heavy atom. The van der Waals surface area contributed by atoms with Crippen LogP contribution >= 0.6 is 0 Å². The van der Waals surface area contributed by atoms with Crippen LogP contribution in [-0.4, -0.2) is 28.0 Å². The Hall–Kier alpha value is -2.30. The zero-order chi connectivity index (χ0) is 15.6. The molecule has 0 atom stereocenters. The van der Waals surface area contributed by atoms with E-state index in [1.165, 1.54) is 7.11 Å². The van der Waals surface area contributed by atoms with Crippen LogP contribution in [0, 0.1) is 13.8 Å². The maximum Gasteiger partial charge on any atom is 0.336 e. The lowest BCUT2D eigenvalue weighted by atomic mass is 9.98. The van der Waals surface area contributed by atoms with Gasteiger partial charge in [0.15, 0.2) is 0 Å². The molecule has 0 aliphatic rings. The van der Waals surface area contributed by atoms with Gasteiger partial charge in [-0.25, -0.2) is 4.79 Å². The largest absolute Gasteiger partial charge is 0.497 e. The van der Waals surface area contributed by atoms with Crippen LogP contribution in [0.1, 0.15) is 35.1 Å². The fourth-order valence-electron chi connectivity index (χ4n) is 2.56. The number of nitrogens with zero attached hydrogens (tertiary/aromatic N) is 2. The Kier molecular flexibility index (Phi) is 4.31. The number of hydrogen-bond acceptors (Lipinski definition) is 3. The summed E-state index contributed by atoms with van der Waals surface area (Å²) in [6.07, 6.45) is 0.982. The number of aromatic carboxylic acids is 1. The molecule has 0 aliphatic carbocycles. The lowest BCUT2D eigenvalue weighted by Crippen LogP contribution is -2.03. The molecule has 0 spiro atoms. The summed E-state index contributed by atoms with van der Waals surface area (Å²) in [4.78, 5) is 11.5. The zero-order valence-electron chi connectivity index (χ0n) is 12.8. The van der Waals surface area contributed by atoms with Crippen molar-refractivity contribution in [1.82, 2.24) is 9.78 Å². The smallest absolute Gasteiger partial charge is 0.336 e. The maximum absolute atomic E-state index is 11.5. The highest BCUT2D eigenvalue weighted by Gasteiger charge is 2.19. The van der Waals surface area contributed by atoms with Crippen molar-refractivity contribution in [3.05, 3.63) is 35.2 Å². The third-order valence-electron chi connectivity index (χ3n) is 3.54. The number of aryl methyl sites for hydroxylation is 2. The Labute approximate surface area is 124 Å². The molecule has 21 heavy (non-hydrogen) atoms. The van der Waals surface area contributed by atoms with Gasteiger partial charge < -0.3 is 9.84 Å². The van der Waals surface area contributed by atoms with Gasteiger partial charge in [-0.2, -0.15) is 5.10 Å². The Bertz CT molecular complexity index is 674. The number of rotatable bonds is 5. The van der Waals surface area contributed by atoms with Crippen molar-refractivity contribution in [1.29, 1.82) is 0 Å². The Balaban J connectivity index is 2.64. The number of methoxy groups -OCH3 is 1. The summed E-state index contributed by atoms with van der Waals surface area (Å²) in [5.41, 5.74) is 3.64. The molecule has 112 valence electrons. The normalized spacial score (nSPS) is 10.7. The van der Waals surface area contributed by atoms with E-state index < -0.39 is 5.97 Å². The second-order valence-corrected chi connectivity index (χ2v) is 4.99. The molecular formula is C16H20N2O3. The van der Waals surface area contributed by atoms with E-state index in [-0.39, 0.29) is 5.56 Å². The number of hydrogen-bond donors (Lipinski definition) is 1. The third-order valence-corrected chi connectivity index (χ3v) is 3.54. The SMILES string of the molecule is CCCn1nc(C)c(-c2ccc(OC)cc2C(=O)O)c1C. The minimum atomic E-state index is -0.967. The molecule has 1 aromatic heterocycles. The number of carboxylic acids is 1. The highest BCUT2D eigenvalue weighted by molar-refractivity contribution is 5.97. The average Bonchev–Trinajstić information content (AvgIpc) is 2.73. The van der Waals surface area contributed by atoms with Crippen molar-refractivity contribution >= 4 is 5.97 Å². The molecule has 1 heterocycles. The molecule has 0 bridgehead atoms. The predicted molar refractivity (Wildman–Crippen MR) is 80.9 cm³/mol. The fourth-order valence-corrected chi connectivity index (χ4v) is 2.56. The minimum Gasteiger partial charge on any atom is -0.497 e.